The zero-order chi connectivity index (χ0) is 17.3. The lowest BCUT2D eigenvalue weighted by Gasteiger charge is -2.03. The van der Waals surface area contributed by atoms with Crippen molar-refractivity contribution in [3.05, 3.63) is 118 Å². The summed E-state index contributed by atoms with van der Waals surface area (Å²) in [5.74, 6) is 0. The first kappa shape index (κ1) is 14.9. The van der Waals surface area contributed by atoms with Crippen molar-refractivity contribution in [3.8, 4) is 0 Å². The quantitative estimate of drug-likeness (QED) is 0.483. The average Bonchev–Trinajstić information content (AvgIpc) is 3.28. The average molecular weight is 330 g/mol. The monoisotopic (exact) mass is 330 g/mol. The Bertz CT molecular complexity index is 1010. The number of benzene rings is 3. The number of allylic oxidation sites excluding steroid dienone is 4. The van der Waals surface area contributed by atoms with Gasteiger partial charge in [0, 0.05) is 0 Å². The lowest BCUT2D eigenvalue weighted by Crippen LogP contribution is -1.82. The molecule has 0 aliphatic heterocycles. The van der Waals surface area contributed by atoms with Crippen LogP contribution in [0.1, 0.15) is 33.4 Å². The molecule has 0 spiro atoms. The Morgan fingerprint density at radius 2 is 0.846 bits per heavy atom. The van der Waals surface area contributed by atoms with Gasteiger partial charge in [-0.25, -0.2) is 0 Å². The second kappa shape index (κ2) is 6.16. The van der Waals surface area contributed by atoms with Gasteiger partial charge < -0.3 is 0 Å². The van der Waals surface area contributed by atoms with Crippen LogP contribution in [0.15, 0.2) is 84.9 Å². The normalized spacial score (nSPS) is 17.1. The van der Waals surface area contributed by atoms with E-state index in [9.17, 15) is 0 Å². The van der Waals surface area contributed by atoms with E-state index in [1.807, 2.05) is 0 Å². The minimum Gasteiger partial charge on any atom is -0.0616 e. The standard InChI is InChI=1S/C26H18/c1-3-7-25-21(5-1)13-15-23(25)17-19-9-11-20(12-10-19)18-24-16-14-22-6-2-4-8-26(22)24/h1-18H/b23-17-,24-18+. The summed E-state index contributed by atoms with van der Waals surface area (Å²) in [6.07, 6.45) is 13.3. The molecule has 0 atom stereocenters. The molecule has 3 aromatic carbocycles. The summed E-state index contributed by atoms with van der Waals surface area (Å²) in [6.45, 7) is 0. The van der Waals surface area contributed by atoms with Gasteiger partial charge in [0.15, 0.2) is 0 Å². The summed E-state index contributed by atoms with van der Waals surface area (Å²) in [5, 5.41) is 0. The van der Waals surface area contributed by atoms with Crippen LogP contribution in [0.2, 0.25) is 0 Å². The van der Waals surface area contributed by atoms with Crippen molar-refractivity contribution in [2.24, 2.45) is 0 Å². The summed E-state index contributed by atoms with van der Waals surface area (Å²) >= 11 is 0. The fourth-order valence-corrected chi connectivity index (χ4v) is 3.65. The van der Waals surface area contributed by atoms with Crippen LogP contribution in [0.3, 0.4) is 0 Å². The fourth-order valence-electron chi connectivity index (χ4n) is 3.65. The van der Waals surface area contributed by atoms with Crippen LogP contribution >= 0.6 is 0 Å². The van der Waals surface area contributed by atoms with E-state index in [2.05, 4.69) is 109 Å². The molecule has 122 valence electrons. The lowest BCUT2D eigenvalue weighted by atomic mass is 10.0. The predicted molar refractivity (Wildman–Crippen MR) is 113 cm³/mol. The Morgan fingerprint density at radius 3 is 1.31 bits per heavy atom. The highest BCUT2D eigenvalue weighted by molar-refractivity contribution is 5.99. The summed E-state index contributed by atoms with van der Waals surface area (Å²) in [4.78, 5) is 0. The molecule has 0 unspecified atom stereocenters. The highest BCUT2D eigenvalue weighted by atomic mass is 14.1. The van der Waals surface area contributed by atoms with Crippen LogP contribution in [0.4, 0.5) is 0 Å². The molecule has 0 saturated heterocycles. The predicted octanol–water partition coefficient (Wildman–Crippen LogP) is 6.82. The first-order chi connectivity index (χ1) is 12.9. The molecule has 0 radical (unpaired) electrons. The van der Waals surface area contributed by atoms with Gasteiger partial charge in [0.05, 0.1) is 0 Å². The Morgan fingerprint density at radius 1 is 0.423 bits per heavy atom. The molecule has 3 aromatic rings. The molecule has 26 heavy (non-hydrogen) atoms. The largest absolute Gasteiger partial charge is 0.0616 e. The molecule has 2 aliphatic rings. The van der Waals surface area contributed by atoms with E-state index in [1.165, 1.54) is 44.5 Å². The molecule has 2 aliphatic carbocycles. The Kier molecular flexibility index (Phi) is 3.54. The van der Waals surface area contributed by atoms with Crippen LogP contribution < -0.4 is 0 Å². The summed E-state index contributed by atoms with van der Waals surface area (Å²) in [7, 11) is 0. The van der Waals surface area contributed by atoms with E-state index in [-0.39, 0.29) is 0 Å². The van der Waals surface area contributed by atoms with Gasteiger partial charge in [-0.15, -0.1) is 0 Å². The van der Waals surface area contributed by atoms with E-state index in [4.69, 9.17) is 0 Å². The zero-order valence-electron chi connectivity index (χ0n) is 14.4. The van der Waals surface area contributed by atoms with E-state index in [0.717, 1.165) is 0 Å². The van der Waals surface area contributed by atoms with E-state index >= 15 is 0 Å². The highest BCUT2D eigenvalue weighted by Crippen LogP contribution is 2.32. The third kappa shape index (κ3) is 2.66. The molecule has 5 rings (SSSR count). The van der Waals surface area contributed by atoms with Crippen molar-refractivity contribution in [1.82, 2.24) is 0 Å². The molecule has 0 bridgehead atoms. The maximum atomic E-state index is 2.25. The number of fused-ring (bicyclic) bond motifs is 2. The van der Waals surface area contributed by atoms with Crippen LogP contribution in [-0.4, -0.2) is 0 Å². The molecular weight excluding hydrogens is 312 g/mol. The Balaban J connectivity index is 1.43. The van der Waals surface area contributed by atoms with Crippen molar-refractivity contribution < 1.29 is 0 Å². The maximum Gasteiger partial charge on any atom is -0.0111 e. The fraction of sp³-hybridized carbons (Fsp3) is 0. The summed E-state index contributed by atoms with van der Waals surface area (Å²) < 4.78 is 0. The first-order valence-electron chi connectivity index (χ1n) is 8.95. The second-order valence-electron chi connectivity index (χ2n) is 6.71. The number of rotatable bonds is 2. The van der Waals surface area contributed by atoms with Gasteiger partial charge in [-0.2, -0.15) is 0 Å². The molecule has 0 nitrogen and oxygen atoms in total. The van der Waals surface area contributed by atoms with Crippen molar-refractivity contribution in [2.75, 3.05) is 0 Å². The highest BCUT2D eigenvalue weighted by Gasteiger charge is 2.10. The van der Waals surface area contributed by atoms with Crippen molar-refractivity contribution in [1.29, 1.82) is 0 Å². The minimum atomic E-state index is 1.23. The maximum absolute atomic E-state index is 2.25. The zero-order valence-corrected chi connectivity index (χ0v) is 14.4. The molecule has 0 N–H and O–H groups in total. The lowest BCUT2D eigenvalue weighted by molar-refractivity contribution is 1.59. The number of hydrogen-bond donors (Lipinski definition) is 0. The van der Waals surface area contributed by atoms with Crippen molar-refractivity contribution >= 4 is 35.5 Å². The van der Waals surface area contributed by atoms with Crippen LogP contribution in [-0.2, 0) is 0 Å². The van der Waals surface area contributed by atoms with Crippen LogP contribution in [0.5, 0.6) is 0 Å². The van der Waals surface area contributed by atoms with Gasteiger partial charge in [0.2, 0.25) is 0 Å². The topological polar surface area (TPSA) is 0 Å². The first-order valence-corrected chi connectivity index (χ1v) is 8.95. The minimum absolute atomic E-state index is 1.23. The molecule has 0 heteroatoms. The number of hydrogen-bond acceptors (Lipinski definition) is 0. The molecule has 0 aromatic heterocycles. The van der Waals surface area contributed by atoms with Crippen molar-refractivity contribution in [2.45, 2.75) is 0 Å². The Labute approximate surface area is 154 Å². The summed E-state index contributed by atoms with van der Waals surface area (Å²) in [5.41, 5.74) is 10.2. The van der Waals surface area contributed by atoms with E-state index in [0.29, 0.717) is 0 Å². The smallest absolute Gasteiger partial charge is 0.0111 e. The van der Waals surface area contributed by atoms with Gasteiger partial charge in [0.25, 0.3) is 0 Å². The third-order valence-corrected chi connectivity index (χ3v) is 5.01. The third-order valence-electron chi connectivity index (χ3n) is 5.01. The van der Waals surface area contributed by atoms with Gasteiger partial charge in [-0.3, -0.25) is 0 Å². The van der Waals surface area contributed by atoms with Crippen LogP contribution in [0, 0.1) is 0 Å². The Hall–Kier alpha value is -3.38. The van der Waals surface area contributed by atoms with Gasteiger partial charge in [-0.05, 0) is 56.7 Å². The molecule has 0 saturated carbocycles. The van der Waals surface area contributed by atoms with Crippen molar-refractivity contribution in [3.63, 3.8) is 0 Å². The SMILES string of the molecule is C1=Cc2ccccc2/C1=C\c1ccc(/C=C2\C=Cc3ccccc32)cc1. The molecule has 0 fully saturated rings. The molecule has 0 amide bonds. The molecule has 0 heterocycles. The van der Waals surface area contributed by atoms with Gasteiger partial charge in [0.1, 0.15) is 0 Å². The van der Waals surface area contributed by atoms with Gasteiger partial charge >= 0.3 is 0 Å². The van der Waals surface area contributed by atoms with E-state index < -0.39 is 0 Å². The summed E-state index contributed by atoms with van der Waals surface area (Å²) in [6, 6.07) is 25.8. The molecular formula is C26H18. The van der Waals surface area contributed by atoms with Crippen LogP contribution in [0.25, 0.3) is 35.5 Å². The van der Waals surface area contributed by atoms with Gasteiger partial charge in [-0.1, -0.05) is 97.1 Å². The van der Waals surface area contributed by atoms with E-state index in [1.54, 1.807) is 0 Å². The second-order valence-corrected chi connectivity index (χ2v) is 6.71.